The molecule has 1 aliphatic rings. The predicted octanol–water partition coefficient (Wildman–Crippen LogP) is 5.62. The quantitative estimate of drug-likeness (QED) is 0.438. The van der Waals surface area contributed by atoms with Gasteiger partial charge in [0.2, 0.25) is 0 Å². The van der Waals surface area contributed by atoms with Crippen molar-refractivity contribution in [1.29, 1.82) is 0 Å². The van der Waals surface area contributed by atoms with Crippen molar-refractivity contribution in [2.24, 2.45) is 0 Å². The van der Waals surface area contributed by atoms with Gasteiger partial charge in [0, 0.05) is 0 Å². The largest absolute Gasteiger partial charge is 0.465 e. The van der Waals surface area contributed by atoms with Crippen LogP contribution in [-0.4, -0.2) is 12.6 Å². The molecule has 0 aliphatic carbocycles. The predicted molar refractivity (Wildman–Crippen MR) is 109 cm³/mol. The topological polar surface area (TPSA) is 26.3 Å². The molecule has 1 heterocycles. The third kappa shape index (κ3) is 2.37. The van der Waals surface area contributed by atoms with Gasteiger partial charge in [-0.3, -0.25) is 4.79 Å². The van der Waals surface area contributed by atoms with E-state index >= 15 is 0 Å². The molecule has 4 aromatic rings. The maximum absolute atomic E-state index is 13.4. The molecule has 0 atom stereocenters. The second-order valence-electron chi connectivity index (χ2n) is 7.20. The first-order valence-electron chi connectivity index (χ1n) is 9.44. The average molecular weight is 352 g/mol. The molecule has 0 spiro atoms. The number of carbonyl (C=O) groups is 1. The fraction of sp³-hybridized carbons (Fsp3) is 0.160. The molecule has 1 saturated heterocycles. The number of cyclic esters (lactones) is 1. The number of esters is 1. The lowest BCUT2D eigenvalue weighted by Crippen LogP contribution is -2.42. The maximum Gasteiger partial charge on any atom is 0.321 e. The number of benzene rings is 4. The van der Waals surface area contributed by atoms with E-state index in [1.165, 1.54) is 0 Å². The summed E-state index contributed by atoms with van der Waals surface area (Å²) >= 11 is 0. The minimum atomic E-state index is -0.778. The van der Waals surface area contributed by atoms with Crippen LogP contribution in [0.25, 0.3) is 21.5 Å². The van der Waals surface area contributed by atoms with E-state index in [4.69, 9.17) is 4.74 Å². The second-order valence-corrected chi connectivity index (χ2v) is 7.20. The van der Waals surface area contributed by atoms with E-state index in [0.717, 1.165) is 45.5 Å². The smallest absolute Gasteiger partial charge is 0.321 e. The van der Waals surface area contributed by atoms with Gasteiger partial charge in [0.1, 0.15) is 5.41 Å². The van der Waals surface area contributed by atoms with Crippen LogP contribution >= 0.6 is 0 Å². The summed E-state index contributed by atoms with van der Waals surface area (Å²) in [5.41, 5.74) is 1.31. The molecular formula is C25H20O2. The summed E-state index contributed by atoms with van der Waals surface area (Å²) in [5.74, 6) is -0.138. The Hall–Kier alpha value is -3.13. The number of carbonyl (C=O) groups excluding carboxylic acids is 1. The molecule has 1 fully saturated rings. The van der Waals surface area contributed by atoms with Crippen molar-refractivity contribution in [3.63, 3.8) is 0 Å². The molecule has 0 N–H and O–H groups in total. The summed E-state index contributed by atoms with van der Waals surface area (Å²) in [7, 11) is 0. The Balaban J connectivity index is 1.90. The highest BCUT2D eigenvalue weighted by Crippen LogP contribution is 2.45. The molecule has 2 nitrogen and oxygen atoms in total. The van der Waals surface area contributed by atoms with Gasteiger partial charge in [-0.2, -0.15) is 0 Å². The fourth-order valence-electron chi connectivity index (χ4n) is 4.56. The van der Waals surface area contributed by atoms with Gasteiger partial charge in [-0.05, 0) is 45.5 Å². The third-order valence-corrected chi connectivity index (χ3v) is 5.78. The van der Waals surface area contributed by atoms with E-state index in [-0.39, 0.29) is 5.97 Å². The zero-order valence-electron chi connectivity index (χ0n) is 15.0. The van der Waals surface area contributed by atoms with Gasteiger partial charge >= 0.3 is 5.97 Å². The van der Waals surface area contributed by atoms with Crippen LogP contribution in [0.2, 0.25) is 0 Å². The van der Waals surface area contributed by atoms with Crippen LogP contribution in [0.5, 0.6) is 0 Å². The number of rotatable bonds is 2. The van der Waals surface area contributed by atoms with Crippen molar-refractivity contribution < 1.29 is 9.53 Å². The van der Waals surface area contributed by atoms with Crippen molar-refractivity contribution >= 4 is 27.5 Å². The van der Waals surface area contributed by atoms with Crippen LogP contribution < -0.4 is 0 Å². The van der Waals surface area contributed by atoms with Gasteiger partial charge in [-0.1, -0.05) is 84.9 Å². The zero-order valence-corrected chi connectivity index (χ0v) is 15.0. The van der Waals surface area contributed by atoms with Gasteiger partial charge in [-0.25, -0.2) is 0 Å². The number of hydrogen-bond donors (Lipinski definition) is 0. The molecule has 2 heteroatoms. The number of ether oxygens (including phenoxy) is 1. The minimum absolute atomic E-state index is 0.138. The average Bonchev–Trinajstić information content (AvgIpc) is 2.74. The van der Waals surface area contributed by atoms with Gasteiger partial charge < -0.3 is 4.74 Å². The first-order valence-corrected chi connectivity index (χ1v) is 9.44. The van der Waals surface area contributed by atoms with E-state index in [2.05, 4.69) is 48.5 Å². The molecule has 5 rings (SSSR count). The molecule has 132 valence electrons. The normalized spacial score (nSPS) is 16.4. The molecule has 1 aliphatic heterocycles. The SMILES string of the molecule is O=C1OCCCC1(c1cccc2ccccc12)c1cccc2ccccc12. The first-order chi connectivity index (χ1) is 13.3. The molecule has 0 saturated carbocycles. The van der Waals surface area contributed by atoms with E-state index < -0.39 is 5.41 Å². The van der Waals surface area contributed by atoms with Crippen molar-refractivity contribution in [1.82, 2.24) is 0 Å². The maximum atomic E-state index is 13.4. The molecule has 0 bridgehead atoms. The molecule has 0 radical (unpaired) electrons. The lowest BCUT2D eigenvalue weighted by molar-refractivity contribution is -0.153. The van der Waals surface area contributed by atoms with Crippen LogP contribution in [-0.2, 0) is 14.9 Å². The molecule has 27 heavy (non-hydrogen) atoms. The highest BCUT2D eigenvalue weighted by Gasteiger charge is 2.47. The Labute approximate surface area is 158 Å². The summed E-state index contributed by atoms with van der Waals surface area (Å²) in [6.45, 7) is 0.496. The molecular weight excluding hydrogens is 332 g/mol. The summed E-state index contributed by atoms with van der Waals surface area (Å²) < 4.78 is 5.66. The molecule has 0 aromatic heterocycles. The summed E-state index contributed by atoms with van der Waals surface area (Å²) in [6, 6.07) is 29.1. The Kier molecular flexibility index (Phi) is 3.71. The van der Waals surface area contributed by atoms with Crippen molar-refractivity contribution in [2.45, 2.75) is 18.3 Å². The summed E-state index contributed by atoms with van der Waals surface area (Å²) in [6.07, 6.45) is 1.62. The highest BCUT2D eigenvalue weighted by atomic mass is 16.5. The zero-order chi connectivity index (χ0) is 18.3. The summed E-state index contributed by atoms with van der Waals surface area (Å²) in [4.78, 5) is 13.4. The van der Waals surface area contributed by atoms with E-state index in [1.807, 2.05) is 36.4 Å². The van der Waals surface area contributed by atoms with Crippen molar-refractivity contribution in [3.8, 4) is 0 Å². The van der Waals surface area contributed by atoms with E-state index in [0.29, 0.717) is 6.61 Å². The first kappa shape index (κ1) is 16.1. The van der Waals surface area contributed by atoms with E-state index in [1.54, 1.807) is 0 Å². The van der Waals surface area contributed by atoms with Gasteiger partial charge in [0.25, 0.3) is 0 Å². The van der Waals surface area contributed by atoms with Crippen LogP contribution in [0.4, 0.5) is 0 Å². The standard InChI is InChI=1S/C25H20O2/c26-24-25(16-7-17-27-24,22-14-5-10-18-8-1-3-12-20(18)22)23-15-6-11-19-9-2-4-13-21(19)23/h1-6,8-15H,7,16-17H2. The van der Waals surface area contributed by atoms with Crippen LogP contribution in [0.3, 0.4) is 0 Å². The monoisotopic (exact) mass is 352 g/mol. The van der Waals surface area contributed by atoms with Crippen molar-refractivity contribution in [2.75, 3.05) is 6.61 Å². The minimum Gasteiger partial charge on any atom is -0.465 e. The fourth-order valence-corrected chi connectivity index (χ4v) is 4.56. The summed E-state index contributed by atoms with van der Waals surface area (Å²) in [5, 5.41) is 4.53. The van der Waals surface area contributed by atoms with Gasteiger partial charge in [0.15, 0.2) is 0 Å². The Morgan fingerprint density at radius 1 is 0.667 bits per heavy atom. The van der Waals surface area contributed by atoms with Crippen LogP contribution in [0, 0.1) is 0 Å². The Morgan fingerprint density at radius 3 is 1.74 bits per heavy atom. The van der Waals surface area contributed by atoms with E-state index in [9.17, 15) is 4.79 Å². The lowest BCUT2D eigenvalue weighted by atomic mass is 9.68. The highest BCUT2D eigenvalue weighted by molar-refractivity contribution is 6.01. The third-order valence-electron chi connectivity index (χ3n) is 5.78. The Bertz CT molecular complexity index is 1070. The molecule has 4 aromatic carbocycles. The number of hydrogen-bond acceptors (Lipinski definition) is 2. The lowest BCUT2D eigenvalue weighted by Gasteiger charge is -2.37. The molecule has 0 unspecified atom stereocenters. The second kappa shape index (κ2) is 6.24. The van der Waals surface area contributed by atoms with Crippen LogP contribution in [0.15, 0.2) is 84.9 Å². The van der Waals surface area contributed by atoms with Crippen molar-refractivity contribution in [3.05, 3.63) is 96.1 Å². The number of fused-ring (bicyclic) bond motifs is 2. The van der Waals surface area contributed by atoms with Gasteiger partial charge in [-0.15, -0.1) is 0 Å². The Morgan fingerprint density at radius 2 is 1.19 bits per heavy atom. The van der Waals surface area contributed by atoms with Crippen LogP contribution in [0.1, 0.15) is 24.0 Å². The van der Waals surface area contributed by atoms with Gasteiger partial charge in [0.05, 0.1) is 6.61 Å². The molecule has 0 amide bonds.